The van der Waals surface area contributed by atoms with Crippen LogP contribution in [0, 0.1) is 0 Å². The highest BCUT2D eigenvalue weighted by atomic mass is 32.3. The molecular weight excluding hydrogens is 749 g/mol. The Labute approximate surface area is 295 Å². The maximum Gasteiger partial charge on any atom is 0.278 e. The second kappa shape index (κ2) is 13.9. The van der Waals surface area contributed by atoms with Crippen LogP contribution in [0.3, 0.4) is 0 Å². The Hall–Kier alpha value is -5.66. The molecule has 2 amide bonds. The number of nitrogens with zero attached hydrogens (tertiary/aromatic N) is 7. The normalized spacial score (nSPS) is 13.6. The molecule has 1 aliphatic rings. The summed E-state index contributed by atoms with van der Waals surface area (Å²) in [6, 6.07) is 14.6. The molecule has 0 radical (unpaired) electrons. The molecule has 3 aromatic heterocycles. The van der Waals surface area contributed by atoms with E-state index >= 15 is 0 Å². The number of primary sulfonamides is 2. The second-order valence-electron chi connectivity index (χ2n) is 10.4. The fraction of sp³-hybridized carbons (Fsp3) is 0.111. The summed E-state index contributed by atoms with van der Waals surface area (Å²) < 4.78 is 47.1. The van der Waals surface area contributed by atoms with Gasteiger partial charge in [-0.25, -0.2) is 31.8 Å². The summed E-state index contributed by atoms with van der Waals surface area (Å²) >= 11 is 0.912. The minimum absolute atomic E-state index is 0.0676. The van der Waals surface area contributed by atoms with Gasteiger partial charge in [-0.2, -0.15) is 10.2 Å². The van der Waals surface area contributed by atoms with Gasteiger partial charge in [-0.3, -0.25) is 35.2 Å². The number of amides is 2. The lowest BCUT2D eigenvalue weighted by Gasteiger charge is -2.12. The molecule has 1 aliphatic carbocycles. The molecule has 0 unspecified atom stereocenters. The molecule has 0 bridgehead atoms. The molecule has 5 aromatic rings. The number of nitrogens with one attached hydrogen (secondary N) is 3. The van der Waals surface area contributed by atoms with Crippen molar-refractivity contribution in [2.24, 2.45) is 15.4 Å². The minimum atomic E-state index is -4.26. The van der Waals surface area contributed by atoms with Gasteiger partial charge in [0.25, 0.3) is 31.9 Å². The number of ketones is 2. The molecule has 51 heavy (non-hydrogen) atoms. The van der Waals surface area contributed by atoms with E-state index in [1.165, 1.54) is 10.7 Å². The van der Waals surface area contributed by atoms with Crippen molar-refractivity contribution in [2.75, 3.05) is 16.1 Å². The van der Waals surface area contributed by atoms with E-state index in [-0.39, 0.29) is 45.8 Å². The molecule has 1 saturated carbocycles. The Morgan fingerprint density at radius 2 is 1.37 bits per heavy atom. The van der Waals surface area contributed by atoms with Crippen molar-refractivity contribution in [2.45, 2.75) is 27.9 Å². The maximum absolute atomic E-state index is 14.0. The largest absolute Gasteiger partial charge is 0.296 e. The number of anilines is 3. The molecule has 2 aromatic carbocycles. The van der Waals surface area contributed by atoms with E-state index in [4.69, 9.17) is 10.3 Å². The van der Waals surface area contributed by atoms with E-state index in [1.54, 1.807) is 48.5 Å². The van der Waals surface area contributed by atoms with Crippen LogP contribution in [0.5, 0.6) is 0 Å². The molecule has 7 N–H and O–H groups in total. The van der Waals surface area contributed by atoms with E-state index in [0.717, 1.165) is 0 Å². The monoisotopic (exact) mass is 770 g/mol. The molecule has 0 atom stereocenters. The van der Waals surface area contributed by atoms with Gasteiger partial charge in [0.15, 0.2) is 23.0 Å². The number of carbonyl (C=O) groups is 4. The topological polar surface area (TPSA) is 306 Å². The third-order valence-corrected chi connectivity index (χ3v) is 11.1. The van der Waals surface area contributed by atoms with Crippen LogP contribution in [0.25, 0.3) is 16.9 Å². The average molecular weight is 771 g/mol. The number of nitrogens with two attached hydrogens (primary N) is 2. The second-order valence-corrected chi connectivity index (χ2v) is 15.8. The molecule has 24 heteroatoms. The van der Waals surface area contributed by atoms with Crippen LogP contribution in [-0.2, 0) is 29.6 Å². The summed E-state index contributed by atoms with van der Waals surface area (Å²) in [5, 5.41) is 37.2. The van der Waals surface area contributed by atoms with Crippen molar-refractivity contribution in [1.82, 2.24) is 30.2 Å². The zero-order valence-electron chi connectivity index (χ0n) is 25.5. The molecule has 3 heterocycles. The number of sulfonamides is 2. The Bertz CT molecular complexity index is 2460. The molecule has 6 rings (SSSR count). The van der Waals surface area contributed by atoms with E-state index in [0.29, 0.717) is 40.3 Å². The van der Waals surface area contributed by atoms with Crippen molar-refractivity contribution in [3.8, 4) is 16.9 Å². The van der Waals surface area contributed by atoms with Gasteiger partial charge in [-0.05, 0) is 24.6 Å². The first-order chi connectivity index (χ1) is 24.2. The summed E-state index contributed by atoms with van der Waals surface area (Å²) in [5.41, 5.74) is 2.71. The van der Waals surface area contributed by atoms with Crippen molar-refractivity contribution in [3.05, 3.63) is 65.9 Å². The highest BCUT2D eigenvalue weighted by molar-refractivity contribution is 7.91. The third-order valence-electron chi connectivity index (χ3n) is 6.84. The van der Waals surface area contributed by atoms with Crippen molar-refractivity contribution in [1.29, 1.82) is 0 Å². The number of carbonyl (C=O) groups excluding carboxylic acids is 4. The molecule has 262 valence electrons. The molecule has 1 fully saturated rings. The maximum atomic E-state index is 14.0. The van der Waals surface area contributed by atoms with Gasteiger partial charge in [-0.15, -0.1) is 20.4 Å². The first kappa shape index (κ1) is 35.2. The average Bonchev–Trinajstić information content (AvgIpc) is 3.84. The van der Waals surface area contributed by atoms with Crippen molar-refractivity contribution >= 4 is 87.8 Å². The Kier molecular flexibility index (Phi) is 9.60. The van der Waals surface area contributed by atoms with E-state index < -0.39 is 57.8 Å². The third kappa shape index (κ3) is 7.74. The summed E-state index contributed by atoms with van der Waals surface area (Å²) in [6.45, 7) is 0. The number of hydrogen-bond donors (Lipinski definition) is 5. The van der Waals surface area contributed by atoms with Crippen LogP contribution in [-0.4, -0.2) is 76.1 Å². The molecule has 0 spiro atoms. The summed E-state index contributed by atoms with van der Waals surface area (Å²) in [6.07, 6.45) is 0.825. The summed E-state index contributed by atoms with van der Waals surface area (Å²) in [7, 11) is -8.51. The predicted molar refractivity (Wildman–Crippen MR) is 182 cm³/mol. The highest BCUT2D eigenvalue weighted by Crippen LogP contribution is 2.32. The zero-order chi connectivity index (χ0) is 36.5. The molecule has 0 aliphatic heterocycles. The number of aromatic nitrogens is 6. The van der Waals surface area contributed by atoms with Crippen molar-refractivity contribution in [3.63, 3.8) is 0 Å². The predicted octanol–water partition coefficient (Wildman–Crippen LogP) is 1.13. The highest BCUT2D eigenvalue weighted by Gasteiger charge is 2.32. The molecular formula is C27H22N12O8S4. The number of rotatable bonds is 10. The van der Waals surface area contributed by atoms with Crippen LogP contribution in [0.2, 0.25) is 0 Å². The van der Waals surface area contributed by atoms with Crippen LogP contribution in [0.15, 0.2) is 68.4 Å². The zero-order valence-corrected chi connectivity index (χ0v) is 28.8. The lowest BCUT2D eigenvalue weighted by atomic mass is 9.96. The lowest BCUT2D eigenvalue weighted by molar-refractivity contribution is -0.119. The Morgan fingerprint density at radius 1 is 0.784 bits per heavy atom. The van der Waals surface area contributed by atoms with Gasteiger partial charge in [0.05, 0.1) is 22.6 Å². The van der Waals surface area contributed by atoms with E-state index in [2.05, 4.69) is 46.7 Å². The van der Waals surface area contributed by atoms with E-state index in [1.807, 2.05) is 0 Å². The van der Waals surface area contributed by atoms with Gasteiger partial charge in [-0.1, -0.05) is 59.1 Å². The first-order valence-corrected chi connectivity index (χ1v) is 19.0. The standard InChI is InChI=1S/C27H22N12O8S4/c28-50(44,45)26-36-34-24(48-26)30-22(42)18-20(23(43)31-25-35-37-27(49-25)51(29,46)47)38-39(21(18)13-6-2-1-3-7-13)15-9-4-8-14(12-15)32-33-19-16(40)10-5-11-17(19)41/h1-4,6-9,12,32H,5,10-11H2,(H2,28,44,45)(H2,29,46,47)(H,30,34,42)(H,31,35,43). The fourth-order valence-corrected chi connectivity index (χ4v) is 7.32. The number of Topliss-reactive ketones (excluding diaryl/α,β-unsaturated/α-hetero) is 2. The summed E-state index contributed by atoms with van der Waals surface area (Å²) in [4.78, 5) is 52.4. The number of benzene rings is 2. The van der Waals surface area contributed by atoms with Gasteiger partial charge in [0.2, 0.25) is 18.9 Å². The fourth-order valence-electron chi connectivity index (χ4n) is 4.66. The SMILES string of the molecule is NS(=O)(=O)c1nnc(NC(=O)c2nn(-c3cccc(NN=C4C(=O)CCCC4=O)c3)c(-c3ccccc3)c2C(=O)Nc2nnc(S(N)(=O)=O)s2)s1. The summed E-state index contributed by atoms with van der Waals surface area (Å²) in [5.74, 6) is -2.78. The van der Waals surface area contributed by atoms with Gasteiger partial charge >= 0.3 is 0 Å². The van der Waals surface area contributed by atoms with Gasteiger partial charge < -0.3 is 0 Å². The van der Waals surface area contributed by atoms with Crippen LogP contribution in [0.1, 0.15) is 40.1 Å². The first-order valence-electron chi connectivity index (χ1n) is 14.2. The quantitative estimate of drug-likeness (QED) is 0.0983. The van der Waals surface area contributed by atoms with Crippen LogP contribution >= 0.6 is 22.7 Å². The van der Waals surface area contributed by atoms with E-state index in [9.17, 15) is 36.0 Å². The minimum Gasteiger partial charge on any atom is -0.296 e. The van der Waals surface area contributed by atoms with Crippen LogP contribution < -0.4 is 26.3 Å². The van der Waals surface area contributed by atoms with Gasteiger partial charge in [0.1, 0.15) is 0 Å². The smallest absolute Gasteiger partial charge is 0.278 e. The van der Waals surface area contributed by atoms with Crippen molar-refractivity contribution < 1.29 is 36.0 Å². The molecule has 0 saturated heterocycles. The number of hydrogen-bond acceptors (Lipinski definition) is 17. The Morgan fingerprint density at radius 3 is 1.94 bits per heavy atom. The van der Waals surface area contributed by atoms with Gasteiger partial charge in [0, 0.05) is 18.4 Å². The lowest BCUT2D eigenvalue weighted by Crippen LogP contribution is -2.29. The Balaban J connectivity index is 1.48. The van der Waals surface area contributed by atoms with Crippen LogP contribution in [0.4, 0.5) is 16.0 Å². The molecule has 20 nitrogen and oxygen atoms in total. The number of hydrazone groups is 1.